The van der Waals surface area contributed by atoms with Gasteiger partial charge in [-0.1, -0.05) is 18.2 Å². The molecule has 0 saturated heterocycles. The van der Waals surface area contributed by atoms with Crippen LogP contribution in [0.1, 0.15) is 29.4 Å². The van der Waals surface area contributed by atoms with Gasteiger partial charge in [0.05, 0.1) is 12.5 Å². The predicted molar refractivity (Wildman–Crippen MR) is 97.1 cm³/mol. The van der Waals surface area contributed by atoms with Crippen LogP contribution in [0.2, 0.25) is 0 Å². The summed E-state index contributed by atoms with van der Waals surface area (Å²) < 4.78 is 25.7. The maximum Gasteiger partial charge on any atom is 0.357 e. The number of halogens is 1. The number of carbonyl (C=O) groups excluding carboxylic acids is 1. The molecule has 4 rings (SSSR count). The number of esters is 1. The molecule has 0 spiro atoms. The first kappa shape index (κ1) is 17.6. The number of hydrogen-bond acceptors (Lipinski definition) is 6. The van der Waals surface area contributed by atoms with Gasteiger partial charge in [-0.15, -0.1) is 10.2 Å². The highest BCUT2D eigenvalue weighted by atomic mass is 19.1. The van der Waals surface area contributed by atoms with Crippen LogP contribution in [0.15, 0.2) is 71.5 Å². The van der Waals surface area contributed by atoms with Gasteiger partial charge >= 0.3 is 5.97 Å². The van der Waals surface area contributed by atoms with Gasteiger partial charge in [-0.2, -0.15) is 0 Å². The molecule has 0 aliphatic carbocycles. The van der Waals surface area contributed by atoms with E-state index in [1.807, 2.05) is 30.3 Å². The van der Waals surface area contributed by atoms with Crippen LogP contribution < -0.4 is 0 Å². The van der Waals surface area contributed by atoms with Crippen LogP contribution >= 0.6 is 0 Å². The first-order valence-electron chi connectivity index (χ1n) is 8.50. The third-order valence-electron chi connectivity index (χ3n) is 4.05. The maximum absolute atomic E-state index is 13.1. The molecule has 0 radical (unpaired) electrons. The molecule has 2 aromatic heterocycles. The van der Waals surface area contributed by atoms with Gasteiger partial charge in [0.25, 0.3) is 5.89 Å². The maximum atomic E-state index is 13.1. The van der Waals surface area contributed by atoms with Crippen LogP contribution in [0.5, 0.6) is 0 Å². The minimum Gasteiger partial charge on any atom is -0.448 e. The molecule has 4 aromatic rings. The molecule has 0 fully saturated rings. The summed E-state index contributed by atoms with van der Waals surface area (Å²) >= 11 is 0. The minimum atomic E-state index is -0.756. The average molecular weight is 378 g/mol. The summed E-state index contributed by atoms with van der Waals surface area (Å²) in [7, 11) is 0. The van der Waals surface area contributed by atoms with E-state index in [2.05, 4.69) is 15.2 Å². The highest BCUT2D eigenvalue weighted by Crippen LogP contribution is 2.23. The van der Waals surface area contributed by atoms with Crippen molar-refractivity contribution in [3.05, 3.63) is 84.5 Å². The molecular weight excluding hydrogens is 363 g/mol. The summed E-state index contributed by atoms with van der Waals surface area (Å²) in [6.45, 7) is 1.64. The number of imidazole rings is 1. The molecule has 28 heavy (non-hydrogen) atoms. The average Bonchev–Trinajstić information content (AvgIpc) is 3.39. The fourth-order valence-electron chi connectivity index (χ4n) is 2.62. The lowest BCUT2D eigenvalue weighted by Crippen LogP contribution is -2.13. The third kappa shape index (κ3) is 3.52. The third-order valence-corrected chi connectivity index (χ3v) is 4.05. The lowest BCUT2D eigenvalue weighted by Gasteiger charge is -2.11. The van der Waals surface area contributed by atoms with Gasteiger partial charge in [0, 0.05) is 11.3 Å². The molecular formula is C20H15FN4O3. The van der Waals surface area contributed by atoms with Crippen LogP contribution in [-0.4, -0.2) is 25.7 Å². The molecule has 0 amide bonds. The first-order valence-corrected chi connectivity index (χ1v) is 8.50. The molecule has 8 heteroatoms. The van der Waals surface area contributed by atoms with Crippen LogP contribution in [0.25, 0.3) is 17.1 Å². The summed E-state index contributed by atoms with van der Waals surface area (Å²) in [5.74, 6) is -0.462. The van der Waals surface area contributed by atoms with E-state index >= 15 is 0 Å². The molecule has 0 bridgehead atoms. The van der Waals surface area contributed by atoms with Crippen LogP contribution in [-0.2, 0) is 4.74 Å². The number of benzene rings is 2. The molecule has 2 aromatic carbocycles. The van der Waals surface area contributed by atoms with Gasteiger partial charge in [-0.3, -0.25) is 4.57 Å². The number of carbonyl (C=O) groups is 1. The predicted octanol–water partition coefficient (Wildman–Crippen LogP) is 3.98. The lowest BCUT2D eigenvalue weighted by atomic mass is 10.2. The Balaban J connectivity index is 1.51. The Labute approximate surface area is 159 Å². The molecule has 7 nitrogen and oxygen atoms in total. The van der Waals surface area contributed by atoms with Gasteiger partial charge in [0.1, 0.15) is 5.82 Å². The van der Waals surface area contributed by atoms with Gasteiger partial charge in [0.2, 0.25) is 5.89 Å². The number of hydrogen-bond donors (Lipinski definition) is 0. The smallest absolute Gasteiger partial charge is 0.357 e. The van der Waals surface area contributed by atoms with Crippen LogP contribution in [0.3, 0.4) is 0 Å². The largest absolute Gasteiger partial charge is 0.448 e. The fourth-order valence-corrected chi connectivity index (χ4v) is 2.62. The van der Waals surface area contributed by atoms with E-state index in [0.717, 1.165) is 5.56 Å². The van der Waals surface area contributed by atoms with Crippen LogP contribution in [0, 0.1) is 5.82 Å². The van der Waals surface area contributed by atoms with E-state index in [-0.39, 0.29) is 17.4 Å². The van der Waals surface area contributed by atoms with Crippen molar-refractivity contribution in [1.29, 1.82) is 0 Å². The Hall–Kier alpha value is -3.81. The van der Waals surface area contributed by atoms with Crippen molar-refractivity contribution in [2.75, 3.05) is 0 Å². The highest BCUT2D eigenvalue weighted by Gasteiger charge is 2.22. The Bertz CT molecular complexity index is 1090. The Morgan fingerprint density at radius 2 is 1.86 bits per heavy atom. The van der Waals surface area contributed by atoms with Crippen molar-refractivity contribution in [1.82, 2.24) is 19.7 Å². The molecule has 0 aliphatic heterocycles. The molecule has 0 N–H and O–H groups in total. The zero-order valence-corrected chi connectivity index (χ0v) is 14.8. The second-order valence-corrected chi connectivity index (χ2v) is 5.98. The Morgan fingerprint density at radius 3 is 2.61 bits per heavy atom. The fraction of sp³-hybridized carbons (Fsp3) is 0.100. The van der Waals surface area contributed by atoms with E-state index in [0.29, 0.717) is 11.6 Å². The van der Waals surface area contributed by atoms with Gasteiger partial charge in [0.15, 0.2) is 11.8 Å². The number of rotatable bonds is 5. The van der Waals surface area contributed by atoms with E-state index < -0.39 is 12.1 Å². The molecule has 140 valence electrons. The van der Waals surface area contributed by atoms with Crippen molar-refractivity contribution in [3.8, 4) is 17.1 Å². The Morgan fingerprint density at radius 1 is 1.11 bits per heavy atom. The molecule has 0 saturated carbocycles. The highest BCUT2D eigenvalue weighted by molar-refractivity contribution is 5.88. The topological polar surface area (TPSA) is 83.0 Å². The summed E-state index contributed by atoms with van der Waals surface area (Å²) in [4.78, 5) is 16.6. The van der Waals surface area contributed by atoms with E-state index in [1.54, 1.807) is 19.1 Å². The summed E-state index contributed by atoms with van der Waals surface area (Å²) in [5, 5.41) is 7.95. The number of ether oxygens (including phenoxy) is 1. The standard InChI is InChI=1S/C20H15FN4O3/c1-13(18-23-24-19(28-18)14-5-3-2-4-6-14)27-20(26)17-11-22-12-25(17)16-9-7-15(21)8-10-16/h2-13H,1H3. The van der Waals surface area contributed by atoms with E-state index in [1.165, 1.54) is 29.2 Å². The van der Waals surface area contributed by atoms with Crippen molar-refractivity contribution < 1.29 is 18.3 Å². The second kappa shape index (κ2) is 7.43. The van der Waals surface area contributed by atoms with Crippen molar-refractivity contribution in [2.24, 2.45) is 0 Å². The summed E-state index contributed by atoms with van der Waals surface area (Å²) in [5.41, 5.74) is 1.55. The summed E-state index contributed by atoms with van der Waals surface area (Å²) in [6.07, 6.45) is 2.07. The van der Waals surface area contributed by atoms with Crippen molar-refractivity contribution in [3.63, 3.8) is 0 Å². The molecule has 0 aliphatic rings. The van der Waals surface area contributed by atoms with E-state index in [9.17, 15) is 9.18 Å². The zero-order valence-electron chi connectivity index (χ0n) is 14.8. The first-order chi connectivity index (χ1) is 13.6. The van der Waals surface area contributed by atoms with Crippen molar-refractivity contribution >= 4 is 5.97 Å². The molecule has 1 unspecified atom stereocenters. The quantitative estimate of drug-likeness (QED) is 0.489. The second-order valence-electron chi connectivity index (χ2n) is 5.98. The summed E-state index contributed by atoms with van der Waals surface area (Å²) in [6, 6.07) is 15.0. The molecule has 1 atom stereocenters. The van der Waals surface area contributed by atoms with Gasteiger partial charge in [-0.25, -0.2) is 14.2 Å². The Kier molecular flexibility index (Phi) is 4.67. The van der Waals surface area contributed by atoms with E-state index in [4.69, 9.17) is 9.15 Å². The number of aromatic nitrogens is 4. The van der Waals surface area contributed by atoms with Crippen molar-refractivity contribution in [2.45, 2.75) is 13.0 Å². The minimum absolute atomic E-state index is 0.181. The van der Waals surface area contributed by atoms with Crippen LogP contribution in [0.4, 0.5) is 4.39 Å². The number of nitrogens with zero attached hydrogens (tertiary/aromatic N) is 4. The SMILES string of the molecule is CC(OC(=O)c1cncn1-c1ccc(F)cc1)c1nnc(-c2ccccc2)o1. The van der Waals surface area contributed by atoms with Gasteiger partial charge in [-0.05, 0) is 43.3 Å². The van der Waals surface area contributed by atoms with Gasteiger partial charge < -0.3 is 9.15 Å². The zero-order chi connectivity index (χ0) is 19.5. The normalized spacial score (nSPS) is 11.9. The molecule has 2 heterocycles. The monoisotopic (exact) mass is 378 g/mol. The lowest BCUT2D eigenvalue weighted by molar-refractivity contribution is 0.0270.